The maximum Gasteiger partial charge on any atom is 0.270 e. The molecule has 21 nitrogen and oxygen atoms in total. The number of benzene rings is 7. The summed E-state index contributed by atoms with van der Waals surface area (Å²) in [6.45, 7) is 16.3. The number of nitrogens with zero attached hydrogens (tertiary/aromatic N) is 9. The van der Waals surface area contributed by atoms with Crippen LogP contribution in [0.3, 0.4) is 0 Å². The largest absolute Gasteiger partial charge is 0.489 e. The van der Waals surface area contributed by atoms with Crippen molar-refractivity contribution in [2.24, 2.45) is 0 Å². The van der Waals surface area contributed by atoms with E-state index >= 15 is 0 Å². The minimum atomic E-state index is 0.0307. The van der Waals surface area contributed by atoms with Crippen LogP contribution in [0.4, 0.5) is 11.4 Å². The summed E-state index contributed by atoms with van der Waals surface area (Å²) in [7, 11) is 2.08. The van der Waals surface area contributed by atoms with E-state index in [-0.39, 0.29) is 24.2 Å². The van der Waals surface area contributed by atoms with Gasteiger partial charge in [-0.25, -0.2) is 4.98 Å². The first-order chi connectivity index (χ1) is 53.1. The van der Waals surface area contributed by atoms with Gasteiger partial charge in [0.25, 0.3) is 5.91 Å². The minimum Gasteiger partial charge on any atom is -0.489 e. The standard InChI is InChI=1S/C32H32N4O3.C29H28N4O3.C26H28N4O3/c33-18-24-16-23(6-9-32(24)39-27-10-11-36(19-27)26-20-38-21-26)28-2-1-3-30-29(28)17-31(34-30)22-4-7-25(8-5-22)35-12-14-37-15-13-35;30-19-28-29(36-22-10-14-34-15-11-22)9-8-26(32-28)23-2-1-3-25-24(23)18-27(31-25)20-4-6-21(7-5-20)33-12-16-35-17-13-33;1-29-9-11-30(12-10-29)26(31)24-16-22-21(3-2-4-23(22)28-24)18-5-6-25(19(15-18)17-27)33-20-7-13-32-14-8-20/h1-9,16-17,26-27,34H,10-15,19-21H2;1-9,18,22,31H,10-17H2;2-6,15-16,20,28H,7-14H2,1H3/t27-;;/m1../s1. The number of morpholine rings is 2. The Morgan fingerprint density at radius 3 is 1.42 bits per heavy atom. The minimum absolute atomic E-state index is 0.0307. The molecule has 7 saturated heterocycles. The van der Waals surface area contributed by atoms with E-state index in [2.05, 4.69) is 156 Å². The lowest BCUT2D eigenvalue weighted by Gasteiger charge is -2.34. The van der Waals surface area contributed by atoms with Crippen molar-refractivity contribution in [2.45, 2.75) is 56.5 Å². The second kappa shape index (κ2) is 33.0. The highest BCUT2D eigenvalue weighted by atomic mass is 16.5. The summed E-state index contributed by atoms with van der Waals surface area (Å²) < 4.78 is 45.6. The van der Waals surface area contributed by atoms with Gasteiger partial charge in [-0.2, -0.15) is 15.8 Å². The number of carbonyl (C=O) groups is 1. The zero-order valence-electron chi connectivity index (χ0n) is 60.9. The molecule has 3 N–H and O–H groups in total. The molecule has 0 saturated carbocycles. The third-order valence-electron chi connectivity index (χ3n) is 21.7. The van der Waals surface area contributed by atoms with Gasteiger partial charge in [0.1, 0.15) is 53.7 Å². The molecular weight excluding hydrogens is 1360 g/mol. The number of fused-ring (bicyclic) bond motifs is 3. The lowest BCUT2D eigenvalue weighted by Crippen LogP contribution is -2.48. The van der Waals surface area contributed by atoms with Crippen LogP contribution in [0.5, 0.6) is 17.2 Å². The van der Waals surface area contributed by atoms with Crippen LogP contribution in [0.25, 0.3) is 88.7 Å². The van der Waals surface area contributed by atoms with Crippen molar-refractivity contribution in [1.29, 1.82) is 15.8 Å². The molecule has 11 aromatic rings. The number of likely N-dealkylation sites (N-methyl/N-ethyl adjacent to an activating group) is 1. The number of hydrogen-bond donors (Lipinski definition) is 3. The number of nitriles is 3. The molecule has 1 amide bonds. The fourth-order valence-corrected chi connectivity index (χ4v) is 15.4. The summed E-state index contributed by atoms with van der Waals surface area (Å²) in [4.78, 5) is 39.5. The number of nitrogens with one attached hydrogen (secondary N) is 3. The van der Waals surface area contributed by atoms with Gasteiger partial charge in [0.15, 0.2) is 11.4 Å². The van der Waals surface area contributed by atoms with Crippen LogP contribution in [0.2, 0.25) is 0 Å². The van der Waals surface area contributed by atoms with Crippen molar-refractivity contribution in [2.75, 3.05) is 148 Å². The van der Waals surface area contributed by atoms with E-state index in [0.29, 0.717) is 72.2 Å². The lowest BCUT2D eigenvalue weighted by atomic mass is 9.99. The summed E-state index contributed by atoms with van der Waals surface area (Å²) in [6, 6.07) is 65.0. The molecule has 0 radical (unpaired) electrons. The Balaban J connectivity index is 0.000000124. The Bertz CT molecular complexity index is 5110. The second-order valence-electron chi connectivity index (χ2n) is 28.6. The van der Waals surface area contributed by atoms with Crippen LogP contribution >= 0.6 is 0 Å². The van der Waals surface area contributed by atoms with Crippen LogP contribution in [0, 0.1) is 34.0 Å². The van der Waals surface area contributed by atoms with Gasteiger partial charge in [-0.15, -0.1) is 0 Å². The van der Waals surface area contributed by atoms with Crippen LogP contribution in [-0.2, 0) is 23.7 Å². The van der Waals surface area contributed by atoms with E-state index in [1.165, 1.54) is 11.4 Å². The Labute approximate surface area is 628 Å². The predicted octanol–water partition coefficient (Wildman–Crippen LogP) is 13.9. The molecule has 1 atom stereocenters. The number of amides is 1. The molecule has 4 aromatic heterocycles. The van der Waals surface area contributed by atoms with Crippen LogP contribution in [0.15, 0.2) is 170 Å². The lowest BCUT2D eigenvalue weighted by molar-refractivity contribution is -0.0592. The Kier molecular flexibility index (Phi) is 21.8. The molecule has 7 aliphatic rings. The number of anilines is 2. The fraction of sp³-hybridized carbons (Fsp3) is 0.345. The topological polar surface area (TPSA) is 239 Å². The molecule has 0 bridgehead atoms. The van der Waals surface area contributed by atoms with Gasteiger partial charge in [0.2, 0.25) is 0 Å². The number of aromatic amines is 3. The maximum atomic E-state index is 13.1. The molecule has 0 spiro atoms. The second-order valence-corrected chi connectivity index (χ2v) is 28.6. The van der Waals surface area contributed by atoms with Gasteiger partial charge in [0.05, 0.1) is 88.9 Å². The third-order valence-corrected chi connectivity index (χ3v) is 21.7. The number of likely N-dealkylation sites (tertiary alicyclic amines) is 1. The van der Waals surface area contributed by atoms with E-state index in [4.69, 9.17) is 37.9 Å². The average Bonchev–Trinajstić information content (AvgIpc) is 1.32. The number of piperazine rings is 1. The average molecular weight is 1450 g/mol. The van der Waals surface area contributed by atoms with Crippen LogP contribution in [-0.4, -0.2) is 203 Å². The first-order valence-corrected chi connectivity index (χ1v) is 37.8. The Hall–Kier alpha value is -11.0. The number of carbonyl (C=O) groups excluding carboxylic acids is 1. The van der Waals surface area contributed by atoms with E-state index in [1.807, 2.05) is 83.8 Å². The number of aromatic nitrogens is 4. The highest BCUT2D eigenvalue weighted by Crippen LogP contribution is 2.39. The van der Waals surface area contributed by atoms with Crippen LogP contribution in [0.1, 0.15) is 59.4 Å². The fourth-order valence-electron chi connectivity index (χ4n) is 15.4. The number of rotatable bonds is 15. The molecule has 0 aliphatic carbocycles. The third kappa shape index (κ3) is 16.0. The van der Waals surface area contributed by atoms with Crippen molar-refractivity contribution in [3.05, 3.63) is 192 Å². The summed E-state index contributed by atoms with van der Waals surface area (Å²) in [5.74, 6) is 1.85. The molecule has 550 valence electrons. The summed E-state index contributed by atoms with van der Waals surface area (Å²) in [5.41, 5.74) is 17.6. The Morgan fingerprint density at radius 1 is 0.444 bits per heavy atom. The highest BCUT2D eigenvalue weighted by molar-refractivity contribution is 6.04. The van der Waals surface area contributed by atoms with E-state index in [0.717, 1.165) is 226 Å². The summed E-state index contributed by atoms with van der Waals surface area (Å²) in [5, 5.41) is 32.7. The van der Waals surface area contributed by atoms with Gasteiger partial charge < -0.3 is 72.4 Å². The molecule has 7 fully saturated rings. The molecule has 21 heteroatoms. The number of pyridine rings is 1. The van der Waals surface area contributed by atoms with Gasteiger partial charge in [-0.1, -0.05) is 72.8 Å². The number of ether oxygens (including phenoxy) is 8. The molecule has 11 heterocycles. The zero-order valence-corrected chi connectivity index (χ0v) is 60.9. The zero-order chi connectivity index (χ0) is 73.3. The van der Waals surface area contributed by atoms with Crippen molar-refractivity contribution in [3.63, 3.8) is 0 Å². The quantitative estimate of drug-likeness (QED) is 0.0864. The molecule has 0 unspecified atom stereocenters. The maximum absolute atomic E-state index is 13.1. The van der Waals surface area contributed by atoms with Gasteiger partial charge in [-0.05, 0) is 144 Å². The molecule has 18 rings (SSSR count). The molecule has 7 aliphatic heterocycles. The summed E-state index contributed by atoms with van der Waals surface area (Å²) in [6.07, 6.45) is 4.53. The summed E-state index contributed by atoms with van der Waals surface area (Å²) >= 11 is 0. The first kappa shape index (κ1) is 71.2. The SMILES string of the molecule is CN1CCN(C(=O)c2cc3c(-c4ccc(OC5CCOCC5)c(C#N)c4)cccc3[nH]2)CC1.N#Cc1cc(-c2cccc3[nH]c(-c4ccc(N5CCOCC5)cc4)cc23)ccc1O[C@@H]1CCN(C2COC2)C1.N#Cc1nc(-c2cccc3[nH]c(-c4ccc(N5CCOCC5)cc4)cc23)ccc1OC1CCOCC1. The predicted molar refractivity (Wildman–Crippen MR) is 418 cm³/mol. The highest BCUT2D eigenvalue weighted by Gasteiger charge is 2.34. The number of H-pyrrole nitrogens is 3. The van der Waals surface area contributed by atoms with Crippen molar-refractivity contribution >= 4 is 50.0 Å². The monoisotopic (exact) mass is 1440 g/mol. The van der Waals surface area contributed by atoms with Gasteiger partial charge in [-0.3, -0.25) is 9.69 Å². The normalized spacial score (nSPS) is 18.3. The van der Waals surface area contributed by atoms with Crippen molar-refractivity contribution in [1.82, 2.24) is 34.6 Å². The molecular formula is C87H88N12O9. The van der Waals surface area contributed by atoms with Crippen LogP contribution < -0.4 is 24.0 Å². The first-order valence-electron chi connectivity index (χ1n) is 37.8. The van der Waals surface area contributed by atoms with Gasteiger partial charge in [0, 0.05) is 152 Å². The van der Waals surface area contributed by atoms with Crippen molar-refractivity contribution < 1.29 is 42.7 Å². The van der Waals surface area contributed by atoms with Crippen molar-refractivity contribution in [3.8, 4) is 91.5 Å². The van der Waals surface area contributed by atoms with E-state index in [9.17, 15) is 20.6 Å². The van der Waals surface area contributed by atoms with Gasteiger partial charge >= 0.3 is 0 Å². The molecule has 7 aromatic carbocycles. The van der Waals surface area contributed by atoms with E-state index < -0.39 is 0 Å². The van der Waals surface area contributed by atoms with E-state index in [1.54, 1.807) is 0 Å². The Morgan fingerprint density at radius 2 is 0.907 bits per heavy atom. The smallest absolute Gasteiger partial charge is 0.270 e. The molecule has 108 heavy (non-hydrogen) atoms. The number of hydrogen-bond acceptors (Lipinski definition) is 17.